The van der Waals surface area contributed by atoms with E-state index in [9.17, 15) is 62.6 Å². The number of guanidine groups is 1. The highest BCUT2D eigenvalue weighted by molar-refractivity contribution is 8.00. The van der Waals surface area contributed by atoms with E-state index in [4.69, 9.17) is 22.6 Å². The summed E-state index contributed by atoms with van der Waals surface area (Å²) < 4.78 is 0. The van der Waals surface area contributed by atoms with Crippen molar-refractivity contribution in [3.8, 4) is 0 Å². The predicted molar refractivity (Wildman–Crippen MR) is 490 cm³/mol. The summed E-state index contributed by atoms with van der Waals surface area (Å²) in [5.74, 6) is -17.1. The molecule has 2 fully saturated rings. The van der Waals surface area contributed by atoms with Crippen LogP contribution in [0, 0.1) is 11.3 Å². The molecule has 0 saturated carbocycles. The number of rotatable bonds is 26. The zero-order valence-electron chi connectivity index (χ0n) is 75.9. The van der Waals surface area contributed by atoms with Gasteiger partial charge in [-0.15, -0.1) is 11.8 Å². The topological polar surface area (TPSA) is 621 Å². The third-order valence-corrected chi connectivity index (χ3v) is 24.2. The van der Waals surface area contributed by atoms with Gasteiger partial charge >= 0.3 is 0 Å². The number of nitrogens with zero attached hydrogens (tertiary/aromatic N) is 6. The Morgan fingerprint density at radius 1 is 0.538 bits per heavy atom. The number of carbonyl (C=O) groups excluding carboxylic acids is 17. The minimum absolute atomic E-state index is 0.00145. The molecule has 716 valence electrons. The van der Waals surface area contributed by atoms with Gasteiger partial charge in [-0.05, 0) is 86.6 Å². The molecule has 2 aliphatic heterocycles. The molecule has 13 atom stereocenters. The molecular formula is C89H126N24O18S. The lowest BCUT2D eigenvalue weighted by molar-refractivity contribution is -0.149. The molecule has 17 amide bonds. The number of benzene rings is 3. The van der Waals surface area contributed by atoms with Gasteiger partial charge in [0.05, 0.1) is 38.2 Å². The minimum Gasteiger partial charge on any atom is -0.394 e. The molecule has 3 aromatic heterocycles. The van der Waals surface area contributed by atoms with Crippen molar-refractivity contribution in [1.82, 2.24) is 103 Å². The van der Waals surface area contributed by atoms with E-state index < -0.39 is 223 Å². The predicted octanol–water partition coefficient (Wildman–Crippen LogP) is -2.14. The number of aromatic nitrogens is 4. The Morgan fingerprint density at radius 3 is 1.67 bits per heavy atom. The van der Waals surface area contributed by atoms with Gasteiger partial charge in [-0.3, -0.25) is 86.9 Å². The fraction of sp³-hybridized carbons (Fsp3) is 0.517. The SMILES string of the molecule is CCCC[C@H]1C(=O)N(C)[C@@H](CCCC)C(=O)N[C@@H](CCCNC(=N)N)C(=O)N[C@H](C(=O)NCC(N)=O)CSCC(=O)N[C@@H](Cc2ccccc2)C(=O)N(C)[C@@H](C)C(=O)N[C@@H](CC(N)=O)C(=O)N2CCC[C@H]2C(=O)N[C@@H](Cc2cnc[nH]2)C(=O)N[C@@H](CC(C)C)C(=O)N(C)CC(=O)N[C@@H](Cc2c[nH]c3ccccc23)C(=O)N[C@@H](CO)C(=O)NC(Cc2c[nH]c3ccccc23)C(=O)N1C. The summed E-state index contributed by atoms with van der Waals surface area (Å²) in [5, 5.41) is 49.4. The maximum Gasteiger partial charge on any atom is 0.246 e. The number of likely N-dealkylation sites (N-methyl/N-ethyl adjacent to an activating group) is 4. The van der Waals surface area contributed by atoms with E-state index in [0.29, 0.717) is 69.9 Å². The second-order valence-corrected chi connectivity index (χ2v) is 34.7. The number of hydrogen-bond donors (Lipinski definition) is 19. The number of nitrogens with two attached hydrogens (primary N) is 3. The molecule has 0 radical (unpaired) electrons. The first-order chi connectivity index (χ1) is 62.9. The Kier molecular flexibility index (Phi) is 39.9. The van der Waals surface area contributed by atoms with E-state index in [2.05, 4.69) is 78.4 Å². The van der Waals surface area contributed by atoms with E-state index in [0.717, 1.165) is 36.3 Å². The van der Waals surface area contributed by atoms with Gasteiger partial charge in [0.1, 0.15) is 78.5 Å². The number of thioether (sulfide) groups is 1. The molecule has 132 heavy (non-hydrogen) atoms. The zero-order valence-corrected chi connectivity index (χ0v) is 76.7. The maximum absolute atomic E-state index is 15.7. The van der Waals surface area contributed by atoms with Crippen molar-refractivity contribution in [2.75, 3.05) is 72.5 Å². The first kappa shape index (κ1) is 104. The van der Waals surface area contributed by atoms with Crippen LogP contribution in [0.15, 0.2) is 104 Å². The molecule has 22 N–H and O–H groups in total. The number of aliphatic hydroxyl groups is 1. The molecule has 2 saturated heterocycles. The Balaban J connectivity index is 1.18. The van der Waals surface area contributed by atoms with Crippen molar-refractivity contribution in [1.29, 1.82) is 5.41 Å². The lowest BCUT2D eigenvalue weighted by Gasteiger charge is -2.36. The average Bonchev–Trinajstić information content (AvgIpc) is 1.48. The summed E-state index contributed by atoms with van der Waals surface area (Å²) in [6.07, 6.45) is 6.01. The van der Waals surface area contributed by atoms with Crippen LogP contribution < -0.4 is 75.7 Å². The smallest absolute Gasteiger partial charge is 0.246 e. The lowest BCUT2D eigenvalue weighted by Crippen LogP contribution is -2.61. The highest BCUT2D eigenvalue weighted by Crippen LogP contribution is 2.26. The summed E-state index contributed by atoms with van der Waals surface area (Å²) in [5.41, 5.74) is 20.0. The molecule has 5 heterocycles. The fourth-order valence-corrected chi connectivity index (χ4v) is 16.7. The van der Waals surface area contributed by atoms with Crippen LogP contribution in [0.1, 0.15) is 134 Å². The molecule has 0 aliphatic carbocycles. The largest absolute Gasteiger partial charge is 0.394 e. The first-order valence-corrected chi connectivity index (χ1v) is 45.4. The fourth-order valence-electron chi connectivity index (χ4n) is 15.8. The van der Waals surface area contributed by atoms with Gasteiger partial charge in [-0.1, -0.05) is 120 Å². The Labute approximate surface area is 768 Å². The van der Waals surface area contributed by atoms with Gasteiger partial charge in [0.15, 0.2) is 5.96 Å². The van der Waals surface area contributed by atoms with E-state index in [-0.39, 0.29) is 89.6 Å². The van der Waals surface area contributed by atoms with Gasteiger partial charge in [0, 0.05) is 119 Å². The Bertz CT molecular complexity index is 5050. The molecule has 8 rings (SSSR count). The standard InChI is InChI=1S/C89H126N24O18S/c1-10-12-30-69-82(125)102-60(29-21-33-95-89(92)93)78(121)108-68(77(120)98-44-73(91)116)47-132-48-75(118)101-64(36-52-23-15-14-16-24-52)85(128)110(7)51(5)76(119)104-66(40-72(90)115)87(130)113-34-22-32-70(113)83(126)103-62(39-55-43-94-49-99-55)80(123)105-63(35-50(3)4)84(127)109(6)45-74(117)100-61(37-53-41-96-58-27-19-17-25-56(53)58)79(122)107-67(46-114)81(124)106-65(38-54-42-97-59-28-20-18-26-57(54)59)86(129)112(9)71(31-13-11-2)88(131)111(69)8/h14-20,23-28,41-43,49-51,60-71,96-97,114H,10-13,21-22,29-40,44-48H2,1-9H3,(H2,90,115)(H2,91,116)(H,94,99)(H,98,120)(H,100,117)(H,101,118)(H,102,125)(H,103,126)(H,104,119)(H,105,123)(H,106,124)(H,107,122)(H,108,121)(H4,92,93,95)/t51-,60-,61-,62-,63-,64-,65?,66-,67-,68-,69-,70-,71-/m0/s1. The normalized spacial score (nSPS) is 23.5. The van der Waals surface area contributed by atoms with E-state index >= 15 is 24.0 Å². The number of imidazole rings is 1. The summed E-state index contributed by atoms with van der Waals surface area (Å²) in [6.45, 7) is 5.93. The number of nitrogens with one attached hydrogen (secondary N) is 15. The molecule has 0 spiro atoms. The number of fused-ring (bicyclic) bond motifs is 3. The first-order valence-electron chi connectivity index (χ1n) is 44.2. The van der Waals surface area contributed by atoms with Crippen molar-refractivity contribution >= 4 is 140 Å². The van der Waals surface area contributed by atoms with Crippen molar-refractivity contribution in [3.05, 3.63) is 126 Å². The molecule has 43 heteroatoms. The monoisotopic (exact) mass is 1850 g/mol. The van der Waals surface area contributed by atoms with Gasteiger partial charge < -0.3 is 120 Å². The number of H-pyrrole nitrogens is 3. The van der Waals surface area contributed by atoms with E-state index in [1.807, 2.05) is 13.8 Å². The van der Waals surface area contributed by atoms with Crippen LogP contribution in [0.25, 0.3) is 21.8 Å². The Hall–Kier alpha value is -13.5. The van der Waals surface area contributed by atoms with Crippen LogP contribution in [0.5, 0.6) is 0 Å². The number of carbonyl (C=O) groups is 17. The molecule has 3 aromatic carbocycles. The van der Waals surface area contributed by atoms with Gasteiger partial charge in [-0.25, -0.2) is 4.98 Å². The molecule has 2 aliphatic rings. The second-order valence-electron chi connectivity index (χ2n) is 33.7. The number of aromatic amines is 3. The van der Waals surface area contributed by atoms with Crippen LogP contribution in [0.3, 0.4) is 0 Å². The average molecular weight is 1850 g/mol. The highest BCUT2D eigenvalue weighted by Gasteiger charge is 2.44. The third kappa shape index (κ3) is 30.0. The van der Waals surface area contributed by atoms with Crippen molar-refractivity contribution in [3.63, 3.8) is 0 Å². The maximum atomic E-state index is 15.7. The van der Waals surface area contributed by atoms with Gasteiger partial charge in [-0.2, -0.15) is 0 Å². The summed E-state index contributed by atoms with van der Waals surface area (Å²) >= 11 is 0.795. The molecule has 0 bridgehead atoms. The molecular weight excluding hydrogens is 1730 g/mol. The Morgan fingerprint density at radius 2 is 1.08 bits per heavy atom. The number of para-hydroxylation sites is 2. The minimum atomic E-state index is -1.85. The second kappa shape index (κ2) is 50.6. The number of hydrogen-bond acceptors (Lipinski definition) is 21. The molecule has 6 aromatic rings. The number of unbranched alkanes of at least 4 members (excludes halogenated alkanes) is 2. The zero-order chi connectivity index (χ0) is 96.6. The summed E-state index contributed by atoms with van der Waals surface area (Å²) in [7, 11) is 5.25. The van der Waals surface area contributed by atoms with Gasteiger partial charge in [0.2, 0.25) is 100 Å². The van der Waals surface area contributed by atoms with Crippen LogP contribution >= 0.6 is 11.8 Å². The molecule has 42 nitrogen and oxygen atoms in total. The molecule has 1 unspecified atom stereocenters. The number of primary amides is 2. The van der Waals surface area contributed by atoms with Crippen molar-refractivity contribution in [2.24, 2.45) is 23.1 Å². The van der Waals surface area contributed by atoms with Crippen LogP contribution in [-0.4, -0.2) is 307 Å². The van der Waals surface area contributed by atoms with Crippen molar-refractivity contribution < 1.29 is 86.6 Å². The van der Waals surface area contributed by atoms with Crippen LogP contribution in [0.2, 0.25) is 0 Å². The quantitative estimate of drug-likeness (QED) is 0.0157. The van der Waals surface area contributed by atoms with E-state index in [1.165, 1.54) is 47.6 Å². The van der Waals surface area contributed by atoms with Crippen molar-refractivity contribution in [2.45, 2.75) is 216 Å². The third-order valence-electron chi connectivity index (χ3n) is 23.1. The number of aliphatic hydroxyl groups excluding tert-OH is 1. The van der Waals surface area contributed by atoms with E-state index in [1.54, 1.807) is 105 Å². The summed E-state index contributed by atoms with van der Waals surface area (Å²) in [4.78, 5) is 267. The number of amides is 17. The highest BCUT2D eigenvalue weighted by atomic mass is 32.2. The van der Waals surface area contributed by atoms with Gasteiger partial charge in [0.25, 0.3) is 0 Å². The lowest BCUT2D eigenvalue weighted by atomic mass is 10.00. The van der Waals surface area contributed by atoms with Crippen LogP contribution in [-0.2, 0) is 107 Å². The van der Waals surface area contributed by atoms with Crippen LogP contribution in [0.4, 0.5) is 0 Å². The summed E-state index contributed by atoms with van der Waals surface area (Å²) in [6, 6.07) is 2.90.